The molecule has 1 heteroatoms. The molecule has 0 spiro atoms. The second kappa shape index (κ2) is 5.88. The molecule has 0 amide bonds. The molecule has 0 aromatic heterocycles. The summed E-state index contributed by atoms with van der Waals surface area (Å²) in [5.41, 5.74) is 1.96. The molecule has 1 heterocycles. The van der Waals surface area contributed by atoms with Crippen LogP contribution in [0.2, 0.25) is 0 Å². The lowest BCUT2D eigenvalue weighted by Crippen LogP contribution is -2.38. The summed E-state index contributed by atoms with van der Waals surface area (Å²) in [7, 11) is 0. The lowest BCUT2D eigenvalue weighted by Gasteiger charge is -2.38. The van der Waals surface area contributed by atoms with E-state index in [9.17, 15) is 0 Å². The van der Waals surface area contributed by atoms with E-state index in [2.05, 4.69) is 56.0 Å². The van der Waals surface area contributed by atoms with Gasteiger partial charge < -0.3 is 4.90 Å². The van der Waals surface area contributed by atoms with E-state index in [0.29, 0.717) is 5.41 Å². The quantitative estimate of drug-likeness (QED) is 0.778. The van der Waals surface area contributed by atoms with Crippen LogP contribution in [0.4, 0.5) is 0 Å². The van der Waals surface area contributed by atoms with Crippen molar-refractivity contribution in [2.45, 2.75) is 40.0 Å². The highest BCUT2D eigenvalue weighted by Crippen LogP contribution is 2.34. The summed E-state index contributed by atoms with van der Waals surface area (Å²) in [6.07, 6.45) is 3.94. The minimum atomic E-state index is 0.492. The van der Waals surface area contributed by atoms with Crippen molar-refractivity contribution in [3.05, 3.63) is 35.9 Å². The van der Waals surface area contributed by atoms with Crippen LogP contribution in [-0.2, 0) is 6.42 Å². The first-order valence-corrected chi connectivity index (χ1v) is 7.32. The lowest BCUT2D eigenvalue weighted by atomic mass is 9.75. The maximum atomic E-state index is 2.63. The number of hydrogen-bond donors (Lipinski definition) is 0. The van der Waals surface area contributed by atoms with Crippen LogP contribution >= 0.6 is 0 Å². The van der Waals surface area contributed by atoms with Gasteiger partial charge in [0.2, 0.25) is 0 Å². The lowest BCUT2D eigenvalue weighted by molar-refractivity contribution is 0.113. The van der Waals surface area contributed by atoms with Gasteiger partial charge in [-0.1, -0.05) is 51.1 Å². The standard InChI is InChI=1S/C17H27N/c1-17(2,3)16-10-13-18(14-11-16)12-9-15-7-5-4-6-8-15/h4-8,16H,9-14H2,1-3H3. The molecule has 0 atom stereocenters. The van der Waals surface area contributed by atoms with Gasteiger partial charge in [0.05, 0.1) is 0 Å². The molecule has 2 rings (SSSR count). The SMILES string of the molecule is CC(C)(C)C1CCN(CCc2ccccc2)CC1. The van der Waals surface area contributed by atoms with Crippen molar-refractivity contribution in [1.82, 2.24) is 4.90 Å². The zero-order chi connectivity index (χ0) is 13.0. The molecule has 0 aliphatic carbocycles. The van der Waals surface area contributed by atoms with Gasteiger partial charge >= 0.3 is 0 Å². The molecule has 1 nitrogen and oxygen atoms in total. The third kappa shape index (κ3) is 3.84. The van der Waals surface area contributed by atoms with E-state index in [1.165, 1.54) is 44.5 Å². The van der Waals surface area contributed by atoms with Crippen molar-refractivity contribution in [3.63, 3.8) is 0 Å². The molecule has 0 saturated carbocycles. The largest absolute Gasteiger partial charge is 0.303 e. The monoisotopic (exact) mass is 245 g/mol. The van der Waals surface area contributed by atoms with Gasteiger partial charge in [-0.05, 0) is 49.2 Å². The van der Waals surface area contributed by atoms with Gasteiger partial charge in [0.25, 0.3) is 0 Å². The molecule has 1 aromatic carbocycles. The van der Waals surface area contributed by atoms with Crippen molar-refractivity contribution in [1.29, 1.82) is 0 Å². The normalized spacial score (nSPS) is 19.1. The maximum Gasteiger partial charge on any atom is 0.00218 e. The average molecular weight is 245 g/mol. The highest BCUT2D eigenvalue weighted by molar-refractivity contribution is 5.14. The van der Waals surface area contributed by atoms with Gasteiger partial charge in [-0.2, -0.15) is 0 Å². The number of likely N-dealkylation sites (tertiary alicyclic amines) is 1. The molecular weight excluding hydrogens is 218 g/mol. The number of hydrogen-bond acceptors (Lipinski definition) is 1. The summed E-state index contributed by atoms with van der Waals surface area (Å²) in [5, 5.41) is 0. The van der Waals surface area contributed by atoms with Gasteiger partial charge in [0, 0.05) is 6.54 Å². The Morgan fingerprint density at radius 2 is 1.67 bits per heavy atom. The molecule has 1 aliphatic heterocycles. The van der Waals surface area contributed by atoms with E-state index in [0.717, 1.165) is 5.92 Å². The topological polar surface area (TPSA) is 3.24 Å². The molecule has 1 aromatic rings. The first-order chi connectivity index (χ1) is 8.55. The van der Waals surface area contributed by atoms with E-state index in [1.807, 2.05) is 0 Å². The summed E-state index contributed by atoms with van der Waals surface area (Å²) >= 11 is 0. The molecule has 0 bridgehead atoms. The Balaban J connectivity index is 1.74. The molecule has 1 saturated heterocycles. The van der Waals surface area contributed by atoms with Crippen molar-refractivity contribution in [3.8, 4) is 0 Å². The van der Waals surface area contributed by atoms with Crippen LogP contribution in [0, 0.1) is 11.3 Å². The Kier molecular flexibility index (Phi) is 4.45. The second-order valence-electron chi connectivity index (χ2n) is 6.72. The molecule has 100 valence electrons. The minimum Gasteiger partial charge on any atom is -0.303 e. The van der Waals surface area contributed by atoms with E-state index in [-0.39, 0.29) is 0 Å². The average Bonchev–Trinajstić information content (AvgIpc) is 2.37. The fourth-order valence-electron chi connectivity index (χ4n) is 2.95. The van der Waals surface area contributed by atoms with Crippen molar-refractivity contribution in [2.24, 2.45) is 11.3 Å². The van der Waals surface area contributed by atoms with Gasteiger partial charge in [-0.25, -0.2) is 0 Å². The fourth-order valence-corrected chi connectivity index (χ4v) is 2.95. The van der Waals surface area contributed by atoms with E-state index >= 15 is 0 Å². The van der Waals surface area contributed by atoms with Crippen LogP contribution in [0.3, 0.4) is 0 Å². The van der Waals surface area contributed by atoms with E-state index < -0.39 is 0 Å². The molecule has 1 aliphatic rings. The summed E-state index contributed by atoms with van der Waals surface area (Å²) < 4.78 is 0. The first-order valence-electron chi connectivity index (χ1n) is 7.32. The molecule has 0 unspecified atom stereocenters. The van der Waals surface area contributed by atoms with E-state index in [4.69, 9.17) is 0 Å². The summed E-state index contributed by atoms with van der Waals surface area (Å²) in [5.74, 6) is 0.908. The minimum absolute atomic E-state index is 0.492. The predicted octanol–water partition coefficient (Wildman–Crippen LogP) is 3.99. The van der Waals surface area contributed by atoms with Gasteiger partial charge in [0.15, 0.2) is 0 Å². The van der Waals surface area contributed by atoms with Crippen LogP contribution in [0.1, 0.15) is 39.2 Å². The molecular formula is C17H27N. The van der Waals surface area contributed by atoms with Crippen LogP contribution in [-0.4, -0.2) is 24.5 Å². The second-order valence-corrected chi connectivity index (χ2v) is 6.72. The highest BCUT2D eigenvalue weighted by atomic mass is 15.1. The number of nitrogens with zero attached hydrogens (tertiary/aromatic N) is 1. The third-order valence-corrected chi connectivity index (χ3v) is 4.37. The van der Waals surface area contributed by atoms with Crippen LogP contribution in [0.25, 0.3) is 0 Å². The van der Waals surface area contributed by atoms with Crippen molar-refractivity contribution < 1.29 is 0 Å². The number of benzene rings is 1. The van der Waals surface area contributed by atoms with E-state index in [1.54, 1.807) is 0 Å². The summed E-state index contributed by atoms with van der Waals surface area (Å²) in [4.78, 5) is 2.63. The molecule has 0 N–H and O–H groups in total. The van der Waals surface area contributed by atoms with Crippen molar-refractivity contribution in [2.75, 3.05) is 19.6 Å². The number of piperidine rings is 1. The zero-order valence-electron chi connectivity index (χ0n) is 12.2. The third-order valence-electron chi connectivity index (χ3n) is 4.37. The highest BCUT2D eigenvalue weighted by Gasteiger charge is 2.28. The van der Waals surface area contributed by atoms with Gasteiger partial charge in [0.1, 0.15) is 0 Å². The smallest absolute Gasteiger partial charge is 0.00218 e. The van der Waals surface area contributed by atoms with Gasteiger partial charge in [-0.3, -0.25) is 0 Å². The molecule has 1 fully saturated rings. The maximum absolute atomic E-state index is 2.63. The molecule has 18 heavy (non-hydrogen) atoms. The zero-order valence-corrected chi connectivity index (χ0v) is 12.2. The van der Waals surface area contributed by atoms with Crippen LogP contribution in [0.5, 0.6) is 0 Å². The Labute approximate surface area is 112 Å². The molecule has 0 radical (unpaired) electrons. The van der Waals surface area contributed by atoms with Gasteiger partial charge in [-0.15, -0.1) is 0 Å². The Bertz CT molecular complexity index is 342. The fraction of sp³-hybridized carbons (Fsp3) is 0.647. The Morgan fingerprint density at radius 1 is 1.06 bits per heavy atom. The number of rotatable bonds is 3. The first kappa shape index (κ1) is 13.6. The van der Waals surface area contributed by atoms with Crippen LogP contribution < -0.4 is 0 Å². The van der Waals surface area contributed by atoms with Crippen LogP contribution in [0.15, 0.2) is 30.3 Å². The summed E-state index contributed by atoms with van der Waals surface area (Å²) in [6.45, 7) is 11.0. The Morgan fingerprint density at radius 3 is 2.22 bits per heavy atom. The van der Waals surface area contributed by atoms with Crippen molar-refractivity contribution >= 4 is 0 Å². The summed E-state index contributed by atoms with van der Waals surface area (Å²) in [6, 6.07) is 10.9. The Hall–Kier alpha value is -0.820. The predicted molar refractivity (Wildman–Crippen MR) is 78.8 cm³/mol.